The first-order valence-electron chi connectivity index (χ1n) is 26.4. The van der Waals surface area contributed by atoms with E-state index in [1.54, 1.807) is 6.20 Å². The number of piperidine rings is 2. The number of ether oxygens (including phenoxy) is 1. The molecule has 402 valence electrons. The van der Waals surface area contributed by atoms with Gasteiger partial charge in [-0.1, -0.05) is 68.8 Å². The fourth-order valence-corrected chi connectivity index (χ4v) is 12.7. The highest BCUT2D eigenvalue weighted by molar-refractivity contribution is 6.39. The maximum absolute atomic E-state index is 12.2. The van der Waals surface area contributed by atoms with Crippen molar-refractivity contribution in [3.63, 3.8) is 0 Å². The van der Waals surface area contributed by atoms with Crippen molar-refractivity contribution < 1.29 is 28.5 Å². The number of esters is 1. The Hall–Kier alpha value is -6.00. The van der Waals surface area contributed by atoms with Gasteiger partial charge in [0.05, 0.1) is 49.4 Å². The molecule has 2 aliphatic carbocycles. The number of methoxy groups -OCH3 is 1. The molecule has 8 aromatic rings. The molecule has 18 heteroatoms. The van der Waals surface area contributed by atoms with Gasteiger partial charge in [0, 0.05) is 134 Å². The van der Waals surface area contributed by atoms with Crippen LogP contribution in [0.3, 0.4) is 0 Å². The summed E-state index contributed by atoms with van der Waals surface area (Å²) in [4.78, 5) is 33.4. The number of carbonyl (C=O) groups is 2. The lowest BCUT2D eigenvalue weighted by molar-refractivity contribution is 0.0601. The summed E-state index contributed by atoms with van der Waals surface area (Å²) in [6.45, 7) is 5.24. The zero-order chi connectivity index (χ0) is 53.8. The van der Waals surface area contributed by atoms with Gasteiger partial charge >= 0.3 is 11.9 Å². The number of aromatic carboxylic acids is 1. The summed E-state index contributed by atoms with van der Waals surface area (Å²) in [5, 5.41) is 22.4. The number of aryl methyl sites for hydroxylation is 2. The van der Waals surface area contributed by atoms with Crippen molar-refractivity contribution in [1.29, 1.82) is 0 Å². The van der Waals surface area contributed by atoms with E-state index < -0.39 is 5.97 Å². The zero-order valence-corrected chi connectivity index (χ0v) is 46.9. The first-order chi connectivity index (χ1) is 37.2. The van der Waals surface area contributed by atoms with Crippen LogP contribution in [-0.4, -0.2) is 106 Å². The average molecular weight is 1120 g/mol. The van der Waals surface area contributed by atoms with Crippen LogP contribution in [0.25, 0.3) is 44.3 Å². The van der Waals surface area contributed by atoms with Gasteiger partial charge in [-0.05, 0) is 126 Å². The molecule has 2 saturated carbocycles. The molecule has 77 heavy (non-hydrogen) atoms. The largest absolute Gasteiger partial charge is 0.478 e. The molecule has 6 heterocycles. The minimum Gasteiger partial charge on any atom is -0.478 e. The van der Waals surface area contributed by atoms with E-state index in [2.05, 4.69) is 62.2 Å². The van der Waals surface area contributed by atoms with Crippen LogP contribution in [0.15, 0.2) is 94.2 Å². The molecule has 4 fully saturated rings. The quantitative estimate of drug-likeness (QED) is 0.104. The first-order valence-corrected chi connectivity index (χ1v) is 27.9. The highest BCUT2D eigenvalue weighted by Gasteiger charge is 2.37. The molecule has 4 aliphatic rings. The predicted octanol–water partition coefficient (Wildman–Crippen LogP) is 13.7. The van der Waals surface area contributed by atoms with Gasteiger partial charge in [-0.25, -0.2) is 9.59 Å². The van der Waals surface area contributed by atoms with Gasteiger partial charge in [-0.15, -0.1) is 0 Å². The van der Waals surface area contributed by atoms with E-state index in [1.807, 2.05) is 84.0 Å². The van der Waals surface area contributed by atoms with E-state index in [1.165, 1.54) is 12.8 Å². The van der Waals surface area contributed by atoms with Gasteiger partial charge in [0.25, 0.3) is 0 Å². The molecule has 4 aromatic carbocycles. The van der Waals surface area contributed by atoms with E-state index in [0.717, 1.165) is 163 Å². The minimum atomic E-state index is -0.898. The second kappa shape index (κ2) is 22.0. The maximum atomic E-state index is 12.2. The Morgan fingerprint density at radius 1 is 0.610 bits per heavy atom. The number of hydrogen-bond donors (Lipinski definition) is 1. The van der Waals surface area contributed by atoms with Crippen molar-refractivity contribution in [2.24, 2.45) is 14.1 Å². The van der Waals surface area contributed by atoms with Gasteiger partial charge in [-0.2, -0.15) is 0 Å². The van der Waals surface area contributed by atoms with E-state index >= 15 is 0 Å². The lowest BCUT2D eigenvalue weighted by Crippen LogP contribution is -2.43. The number of halogens is 4. The molecule has 0 bridgehead atoms. The summed E-state index contributed by atoms with van der Waals surface area (Å²) in [7, 11) is 9.63. The lowest BCUT2D eigenvalue weighted by atomic mass is 9.99. The fraction of sp³-hybridized carbons (Fsp3) is 0.390. The number of aromatic nitrogens is 4. The van der Waals surface area contributed by atoms with Crippen LogP contribution in [0.2, 0.25) is 20.1 Å². The second-order valence-corrected chi connectivity index (χ2v) is 22.9. The standard InChI is InChI=1S/C30H32Cl2N4O3.C29H30Cl2N4O3/c1-34(17-23-28(33-39-29(23)18-7-8-18)27-24(31)5-4-6-25(27)32)19-11-13-36(14-12-19)20-9-10-21-22(30(37)38-3)16-35(2)26(21)15-20;1-33(16-22-27(32-38-28(22)17-6-7-17)26-23(30)4-3-5-24(26)31)18-10-12-35(13-11-18)19-8-9-20-21(29(36)37)15-34(2)25(20)14-19/h4-6,9-10,15-16,18-19H,7-8,11-14,17H2,1-3H3;3-5,8-9,14-15,17-18H,6-7,10-13,16H2,1-2H3,(H,36,37). The summed E-state index contributed by atoms with van der Waals surface area (Å²) in [6, 6.07) is 24.3. The number of carboxylic acids is 1. The van der Waals surface area contributed by atoms with Crippen LogP contribution in [0.1, 0.15) is 107 Å². The second-order valence-electron chi connectivity index (χ2n) is 21.3. The molecule has 0 radical (unpaired) electrons. The van der Waals surface area contributed by atoms with Crippen LogP contribution in [0, 0.1) is 0 Å². The monoisotopic (exact) mass is 1120 g/mol. The van der Waals surface area contributed by atoms with Crippen molar-refractivity contribution in [2.45, 2.75) is 88.4 Å². The van der Waals surface area contributed by atoms with E-state index in [9.17, 15) is 14.7 Å². The third-order valence-electron chi connectivity index (χ3n) is 16.2. The molecule has 1 N–H and O–H groups in total. The Bertz CT molecular complexity index is 3470. The molecule has 0 atom stereocenters. The molecular weight excluding hydrogens is 1060 g/mol. The van der Waals surface area contributed by atoms with Crippen molar-refractivity contribution in [3.8, 4) is 22.5 Å². The first kappa shape index (κ1) is 53.0. The molecule has 14 nitrogen and oxygen atoms in total. The van der Waals surface area contributed by atoms with Crippen LogP contribution < -0.4 is 9.80 Å². The van der Waals surface area contributed by atoms with E-state index in [-0.39, 0.29) is 5.97 Å². The van der Waals surface area contributed by atoms with Crippen LogP contribution >= 0.6 is 46.4 Å². The van der Waals surface area contributed by atoms with Crippen molar-refractivity contribution in [1.82, 2.24) is 29.2 Å². The molecular formula is C59H62Cl4N8O6. The van der Waals surface area contributed by atoms with E-state index in [0.29, 0.717) is 55.1 Å². The molecule has 0 spiro atoms. The SMILES string of the molecule is CN(Cc1c(-c2c(Cl)cccc2Cl)noc1C1CC1)C1CCN(c2ccc3c(C(=O)O)cn(C)c3c2)CC1.COC(=O)c1cn(C)c2cc(N3CCC(N(C)Cc4c(-c5c(Cl)cccc5Cl)noc4C4CC4)CC3)ccc12. The van der Waals surface area contributed by atoms with Crippen molar-refractivity contribution in [2.75, 3.05) is 57.2 Å². The average Bonchev–Trinajstić information content (AvgIpc) is 4.37. The highest BCUT2D eigenvalue weighted by atomic mass is 35.5. The summed E-state index contributed by atoms with van der Waals surface area (Å²) in [5.41, 5.74) is 10.4. The normalized spacial score (nSPS) is 16.5. The molecule has 4 aromatic heterocycles. The molecule has 0 amide bonds. The number of nitrogens with zero attached hydrogens (tertiary/aromatic N) is 8. The van der Waals surface area contributed by atoms with Gasteiger partial charge in [0.15, 0.2) is 0 Å². The third-order valence-corrected chi connectivity index (χ3v) is 17.5. The predicted molar refractivity (Wildman–Crippen MR) is 305 cm³/mol. The number of rotatable bonds is 14. The maximum Gasteiger partial charge on any atom is 0.340 e. The zero-order valence-electron chi connectivity index (χ0n) is 43.9. The Morgan fingerprint density at radius 2 is 1.00 bits per heavy atom. The topological polar surface area (TPSA) is 138 Å². The molecule has 2 aliphatic heterocycles. The van der Waals surface area contributed by atoms with Gasteiger partial charge < -0.3 is 37.8 Å². The number of benzene rings is 4. The lowest BCUT2D eigenvalue weighted by Gasteiger charge is -2.38. The number of carboxylic acid groups (broad SMARTS) is 1. The number of carbonyl (C=O) groups excluding carboxylic acids is 1. The number of hydrogen-bond acceptors (Lipinski definition) is 11. The smallest absolute Gasteiger partial charge is 0.340 e. The summed E-state index contributed by atoms with van der Waals surface area (Å²) < 4.78 is 20.6. The van der Waals surface area contributed by atoms with Gasteiger partial charge in [-0.3, -0.25) is 9.80 Å². The Labute approximate surface area is 467 Å². The molecule has 12 rings (SSSR count). The Balaban J connectivity index is 0.000000164. The summed E-state index contributed by atoms with van der Waals surface area (Å²) in [6.07, 6.45) is 12.2. The summed E-state index contributed by atoms with van der Waals surface area (Å²) in [5.74, 6) is 1.60. The Morgan fingerprint density at radius 3 is 1.38 bits per heavy atom. The van der Waals surface area contributed by atoms with Crippen molar-refractivity contribution in [3.05, 3.63) is 139 Å². The molecule has 2 saturated heterocycles. The highest BCUT2D eigenvalue weighted by Crippen LogP contribution is 2.48. The van der Waals surface area contributed by atoms with Gasteiger partial charge in [0.2, 0.25) is 0 Å². The van der Waals surface area contributed by atoms with Crippen LogP contribution in [0.5, 0.6) is 0 Å². The van der Waals surface area contributed by atoms with Crippen LogP contribution in [0.4, 0.5) is 11.4 Å². The summed E-state index contributed by atoms with van der Waals surface area (Å²) >= 11 is 26.2. The van der Waals surface area contributed by atoms with E-state index in [4.69, 9.17) is 60.2 Å². The number of anilines is 2. The Kier molecular flexibility index (Phi) is 15.2. The van der Waals surface area contributed by atoms with Crippen LogP contribution in [-0.2, 0) is 31.9 Å². The van der Waals surface area contributed by atoms with Crippen molar-refractivity contribution >= 4 is 91.5 Å². The number of fused-ring (bicyclic) bond motifs is 2. The minimum absolute atomic E-state index is 0.310. The molecule has 0 unspecified atom stereocenters. The third kappa shape index (κ3) is 10.7. The fourth-order valence-electron chi connectivity index (χ4n) is 11.6. The van der Waals surface area contributed by atoms with Gasteiger partial charge in [0.1, 0.15) is 22.9 Å².